The second-order valence-electron chi connectivity index (χ2n) is 0.115. The zero-order valence-corrected chi connectivity index (χ0v) is 3.92. The van der Waals surface area contributed by atoms with Crippen LogP contribution in [0.3, 0.4) is 0 Å². The first kappa shape index (κ1) is 17.6. The van der Waals surface area contributed by atoms with Crippen LogP contribution < -0.4 is 0 Å². The van der Waals surface area contributed by atoms with Gasteiger partial charge in [-0.3, -0.25) is 0 Å². The third kappa shape index (κ3) is 94.1. The molecule has 5 heteroatoms. The standard InChI is InChI=1S/BH2O2.2ClH/c2-1-3;;/h2-3H;2*1H. The zero-order chi connectivity index (χ0) is 2.71. The third-order valence-corrected chi connectivity index (χ3v) is 0. The van der Waals surface area contributed by atoms with Crippen molar-refractivity contribution >= 4 is 32.5 Å². The van der Waals surface area contributed by atoms with Gasteiger partial charge in [0.25, 0.3) is 0 Å². The van der Waals surface area contributed by atoms with Gasteiger partial charge in [0.05, 0.1) is 0 Å². The van der Waals surface area contributed by atoms with Gasteiger partial charge in [0.1, 0.15) is 0 Å². The summed E-state index contributed by atoms with van der Waals surface area (Å²) in [5.41, 5.74) is 0. The molecule has 0 heterocycles. The third-order valence-electron chi connectivity index (χ3n) is 0. The normalized spacial score (nSPS) is 2.80. The summed E-state index contributed by atoms with van der Waals surface area (Å²) < 4.78 is 0. The molecule has 0 amide bonds. The SMILES string of the molecule is Cl.Cl.O[B]O. The van der Waals surface area contributed by atoms with E-state index in [1.165, 1.54) is 0 Å². The Kier molecular flexibility index (Phi) is 83.5. The molecule has 0 saturated carbocycles. The first-order chi connectivity index (χ1) is 1.41. The van der Waals surface area contributed by atoms with Crippen molar-refractivity contribution in [2.45, 2.75) is 0 Å². The van der Waals surface area contributed by atoms with E-state index >= 15 is 0 Å². The molecule has 0 fully saturated rings. The Morgan fingerprint density at radius 1 is 1.00 bits per heavy atom. The van der Waals surface area contributed by atoms with E-state index in [4.69, 9.17) is 10.0 Å². The lowest BCUT2D eigenvalue weighted by molar-refractivity contribution is 0.448. The van der Waals surface area contributed by atoms with Crippen molar-refractivity contribution in [1.29, 1.82) is 0 Å². The van der Waals surface area contributed by atoms with Crippen molar-refractivity contribution in [3.05, 3.63) is 0 Å². The smallest absolute Gasteiger partial charge is 0.429 e. The van der Waals surface area contributed by atoms with Crippen LogP contribution >= 0.6 is 24.8 Å². The van der Waals surface area contributed by atoms with Crippen LogP contribution in [0.5, 0.6) is 0 Å². The Balaban J connectivity index is -0.0000000200. The molecule has 0 aromatic carbocycles. The Labute approximate surface area is 43.3 Å². The van der Waals surface area contributed by atoms with Gasteiger partial charge in [-0.2, -0.15) is 0 Å². The second kappa shape index (κ2) is 23.7. The average molecular weight is 118 g/mol. The number of rotatable bonds is 0. The number of halogens is 2. The summed E-state index contributed by atoms with van der Waals surface area (Å²) in [7, 11) is 0. The molecule has 0 aromatic heterocycles. The summed E-state index contributed by atoms with van der Waals surface area (Å²) in [5, 5.41) is 14.0. The minimum atomic E-state index is 0. The number of hydrogen-bond acceptors (Lipinski definition) is 2. The maximum atomic E-state index is 7.00. The molecule has 0 saturated heterocycles. The van der Waals surface area contributed by atoms with Gasteiger partial charge in [0.15, 0.2) is 0 Å². The fourth-order valence-corrected chi connectivity index (χ4v) is 0. The molecule has 5 heavy (non-hydrogen) atoms. The lowest BCUT2D eigenvalue weighted by atomic mass is 10.5. The molecule has 0 aromatic rings. The van der Waals surface area contributed by atoms with Crippen molar-refractivity contribution in [2.75, 3.05) is 0 Å². The molecule has 0 aliphatic rings. The molecule has 0 aliphatic carbocycles. The fourth-order valence-electron chi connectivity index (χ4n) is 0. The molecule has 0 unspecified atom stereocenters. The maximum absolute atomic E-state index is 7.00. The highest BCUT2D eigenvalue weighted by Crippen LogP contribution is 1.08. The van der Waals surface area contributed by atoms with Crippen molar-refractivity contribution in [1.82, 2.24) is 0 Å². The summed E-state index contributed by atoms with van der Waals surface area (Å²) in [6, 6.07) is 0. The predicted molar refractivity (Wildman–Crippen MR) is 24.7 cm³/mol. The Morgan fingerprint density at radius 2 is 1.00 bits per heavy atom. The molecular weight excluding hydrogens is 114 g/mol. The quantitative estimate of drug-likeness (QED) is 0.414. The molecule has 33 valence electrons. The van der Waals surface area contributed by atoms with Crippen LogP contribution in [0.4, 0.5) is 0 Å². The molecule has 0 bridgehead atoms. The highest BCUT2D eigenvalue weighted by Gasteiger charge is 1.51. The summed E-state index contributed by atoms with van der Waals surface area (Å²) in [6.07, 6.45) is 0. The van der Waals surface area contributed by atoms with Crippen LogP contribution in [0, 0.1) is 0 Å². The van der Waals surface area contributed by atoms with Gasteiger partial charge in [-0.05, 0) is 0 Å². The zero-order valence-electron chi connectivity index (χ0n) is 2.29. The molecule has 2 nitrogen and oxygen atoms in total. The minimum absolute atomic E-state index is 0. The Hall–Kier alpha value is 0.565. The first-order valence-electron chi connectivity index (χ1n) is 0.516. The largest absolute Gasteiger partial charge is 0.482 e. The fraction of sp³-hybridized carbons (Fsp3) is 0. The Bertz CT molecular complexity index is 7.61. The van der Waals surface area contributed by atoms with Gasteiger partial charge in [0, 0.05) is 0 Å². The van der Waals surface area contributed by atoms with Gasteiger partial charge in [-0.15, -0.1) is 24.8 Å². The molecule has 0 atom stereocenters. The van der Waals surface area contributed by atoms with E-state index in [1.807, 2.05) is 0 Å². The van der Waals surface area contributed by atoms with Gasteiger partial charge < -0.3 is 10.0 Å². The van der Waals surface area contributed by atoms with E-state index in [9.17, 15) is 0 Å². The van der Waals surface area contributed by atoms with Crippen molar-refractivity contribution in [3.63, 3.8) is 0 Å². The lowest BCUT2D eigenvalue weighted by Gasteiger charge is -1.46. The first-order valence-corrected chi connectivity index (χ1v) is 0.516. The molecule has 2 N–H and O–H groups in total. The summed E-state index contributed by atoms with van der Waals surface area (Å²) in [6.45, 7) is 0. The summed E-state index contributed by atoms with van der Waals surface area (Å²) in [5.74, 6) is 0. The second-order valence-corrected chi connectivity index (χ2v) is 0.115. The molecular formula is H4BCl2O2. The van der Waals surface area contributed by atoms with Crippen LogP contribution in [-0.2, 0) is 0 Å². The highest BCUT2D eigenvalue weighted by atomic mass is 35.5. The van der Waals surface area contributed by atoms with E-state index in [1.54, 1.807) is 0 Å². The van der Waals surface area contributed by atoms with Crippen LogP contribution in [0.2, 0.25) is 0 Å². The van der Waals surface area contributed by atoms with E-state index in [0.717, 1.165) is 0 Å². The van der Waals surface area contributed by atoms with Gasteiger partial charge >= 0.3 is 7.69 Å². The molecule has 0 spiro atoms. The van der Waals surface area contributed by atoms with Crippen LogP contribution in [0.15, 0.2) is 0 Å². The predicted octanol–water partition coefficient (Wildman–Crippen LogP) is -0.651. The minimum Gasteiger partial charge on any atom is -0.429 e. The lowest BCUT2D eigenvalue weighted by Crippen LogP contribution is -1.75. The van der Waals surface area contributed by atoms with Crippen LogP contribution in [0.25, 0.3) is 0 Å². The number of hydrogen-bond donors (Lipinski definition) is 2. The van der Waals surface area contributed by atoms with E-state index < -0.39 is 0 Å². The molecule has 0 aliphatic heterocycles. The van der Waals surface area contributed by atoms with Crippen molar-refractivity contribution in [2.24, 2.45) is 0 Å². The Morgan fingerprint density at radius 3 is 1.00 bits per heavy atom. The van der Waals surface area contributed by atoms with E-state index in [-0.39, 0.29) is 32.5 Å². The maximum Gasteiger partial charge on any atom is 0.482 e. The molecule has 0 rings (SSSR count). The topological polar surface area (TPSA) is 40.5 Å². The highest BCUT2D eigenvalue weighted by molar-refractivity contribution is 6.13. The summed E-state index contributed by atoms with van der Waals surface area (Å²) in [4.78, 5) is 0. The molecule has 1 radical (unpaired) electrons. The van der Waals surface area contributed by atoms with Gasteiger partial charge in [-0.25, -0.2) is 0 Å². The van der Waals surface area contributed by atoms with E-state index in [2.05, 4.69) is 0 Å². The van der Waals surface area contributed by atoms with Crippen LogP contribution in [-0.4, -0.2) is 17.7 Å². The van der Waals surface area contributed by atoms with Crippen molar-refractivity contribution < 1.29 is 10.0 Å². The van der Waals surface area contributed by atoms with Gasteiger partial charge in [-0.1, -0.05) is 0 Å². The summed E-state index contributed by atoms with van der Waals surface area (Å²) >= 11 is 0. The van der Waals surface area contributed by atoms with Crippen LogP contribution in [0.1, 0.15) is 0 Å². The van der Waals surface area contributed by atoms with Crippen molar-refractivity contribution in [3.8, 4) is 0 Å². The van der Waals surface area contributed by atoms with E-state index in [0.29, 0.717) is 0 Å². The average Bonchev–Trinajstić information content (AvgIpc) is 0.918. The monoisotopic (exact) mass is 117 g/mol. The van der Waals surface area contributed by atoms with Gasteiger partial charge in [0.2, 0.25) is 0 Å².